The average Bonchev–Trinajstić information content (AvgIpc) is 2.49. The summed E-state index contributed by atoms with van der Waals surface area (Å²) in [6, 6.07) is 10.5. The number of fused-ring (bicyclic) bond motifs is 1. The monoisotopic (exact) mass is 321 g/mol. The van der Waals surface area contributed by atoms with Gasteiger partial charge in [-0.15, -0.1) is 0 Å². The summed E-state index contributed by atoms with van der Waals surface area (Å²) >= 11 is 12.1. The van der Waals surface area contributed by atoms with Crippen molar-refractivity contribution in [1.82, 2.24) is 5.32 Å². The van der Waals surface area contributed by atoms with E-state index in [1.54, 1.807) is 24.3 Å². The molecule has 1 atom stereocenters. The highest BCUT2D eigenvalue weighted by Crippen LogP contribution is 2.33. The fourth-order valence-corrected chi connectivity index (χ4v) is 2.92. The van der Waals surface area contributed by atoms with Crippen LogP contribution in [0.25, 0.3) is 0 Å². The van der Waals surface area contributed by atoms with Crippen LogP contribution in [0.5, 0.6) is 0 Å². The van der Waals surface area contributed by atoms with Crippen molar-refractivity contribution in [3.8, 4) is 0 Å². The zero-order valence-corrected chi connectivity index (χ0v) is 12.6. The van der Waals surface area contributed by atoms with Gasteiger partial charge < -0.3 is 10.4 Å². The molecule has 1 aliphatic rings. The Kier molecular flexibility index (Phi) is 3.89. The minimum atomic E-state index is -0.920. The second kappa shape index (κ2) is 5.68. The van der Waals surface area contributed by atoms with Crippen molar-refractivity contribution in [2.75, 3.05) is 6.54 Å². The lowest BCUT2D eigenvalue weighted by molar-refractivity contribution is 0.0945. The van der Waals surface area contributed by atoms with Gasteiger partial charge >= 0.3 is 0 Å². The Hall–Kier alpha value is -1.55. The largest absolute Gasteiger partial charge is 0.384 e. The molecule has 2 aromatic rings. The van der Waals surface area contributed by atoms with Gasteiger partial charge in [-0.1, -0.05) is 47.5 Å². The molecule has 0 saturated carbocycles. The Morgan fingerprint density at radius 1 is 1.19 bits per heavy atom. The minimum Gasteiger partial charge on any atom is -0.384 e. The normalized spacial score (nSPS) is 15.3. The summed E-state index contributed by atoms with van der Waals surface area (Å²) in [5.41, 5.74) is 2.75. The van der Waals surface area contributed by atoms with Gasteiger partial charge in [0.05, 0.1) is 10.0 Å². The molecule has 0 spiro atoms. The fourth-order valence-electron chi connectivity index (χ4n) is 2.51. The number of carbonyl (C=O) groups excluding carboxylic acids is 1. The van der Waals surface area contributed by atoms with Crippen molar-refractivity contribution < 1.29 is 9.90 Å². The van der Waals surface area contributed by atoms with E-state index in [-0.39, 0.29) is 5.91 Å². The van der Waals surface area contributed by atoms with Gasteiger partial charge in [-0.2, -0.15) is 0 Å². The number of halogens is 2. The molecule has 5 heteroatoms. The second-order valence-electron chi connectivity index (χ2n) is 4.97. The van der Waals surface area contributed by atoms with Crippen LogP contribution in [0.15, 0.2) is 36.4 Å². The first kappa shape index (κ1) is 14.4. The zero-order chi connectivity index (χ0) is 15.0. The molecule has 0 bridgehead atoms. The molecule has 2 N–H and O–H groups in total. The van der Waals surface area contributed by atoms with E-state index in [4.69, 9.17) is 23.2 Å². The molecule has 3 nitrogen and oxygen atoms in total. The molecule has 108 valence electrons. The Morgan fingerprint density at radius 3 is 2.81 bits per heavy atom. The van der Waals surface area contributed by atoms with E-state index < -0.39 is 6.10 Å². The summed E-state index contributed by atoms with van der Waals surface area (Å²) in [7, 11) is 0. The predicted octanol–water partition coefficient (Wildman–Crippen LogP) is 3.36. The molecule has 1 unspecified atom stereocenters. The van der Waals surface area contributed by atoms with Gasteiger partial charge in [0.2, 0.25) is 0 Å². The Balaban J connectivity index is 2.02. The number of aliphatic hydroxyl groups is 1. The van der Waals surface area contributed by atoms with E-state index in [1.807, 2.05) is 12.1 Å². The highest BCUT2D eigenvalue weighted by atomic mass is 35.5. The minimum absolute atomic E-state index is 0.109. The summed E-state index contributed by atoms with van der Waals surface area (Å²) in [6.07, 6.45) is -0.119. The smallest absolute Gasteiger partial charge is 0.251 e. The van der Waals surface area contributed by atoms with Crippen molar-refractivity contribution in [3.05, 3.63) is 68.7 Å². The average molecular weight is 322 g/mol. The summed E-state index contributed by atoms with van der Waals surface area (Å²) in [5, 5.41) is 14.0. The van der Waals surface area contributed by atoms with Gasteiger partial charge in [-0.25, -0.2) is 0 Å². The quantitative estimate of drug-likeness (QED) is 0.891. The maximum Gasteiger partial charge on any atom is 0.251 e. The molecule has 0 radical (unpaired) electrons. The number of hydrogen-bond acceptors (Lipinski definition) is 2. The molecule has 2 aromatic carbocycles. The lowest BCUT2D eigenvalue weighted by Crippen LogP contribution is -2.31. The fraction of sp³-hybridized carbons (Fsp3) is 0.188. The van der Waals surface area contributed by atoms with Gasteiger partial charge in [0.15, 0.2) is 0 Å². The maximum atomic E-state index is 11.9. The summed E-state index contributed by atoms with van der Waals surface area (Å²) < 4.78 is 0. The van der Waals surface area contributed by atoms with E-state index in [9.17, 15) is 9.90 Å². The molecular weight excluding hydrogens is 309 g/mol. The molecule has 1 aliphatic heterocycles. The standard InChI is InChI=1S/C16H13Cl2NO2/c17-13-3-1-2-11(14(13)18)15(20)10-5-4-9-6-7-19-16(21)12(9)8-10/h1-5,8,15,20H,6-7H2,(H,19,21). The Bertz CT molecular complexity index is 715. The third-order valence-corrected chi connectivity index (χ3v) is 4.48. The van der Waals surface area contributed by atoms with Crippen molar-refractivity contribution >= 4 is 29.1 Å². The molecule has 0 aromatic heterocycles. The number of rotatable bonds is 2. The van der Waals surface area contributed by atoms with Crippen molar-refractivity contribution in [1.29, 1.82) is 0 Å². The number of carbonyl (C=O) groups is 1. The van der Waals surface area contributed by atoms with Crippen LogP contribution < -0.4 is 5.32 Å². The molecular formula is C16H13Cl2NO2. The van der Waals surface area contributed by atoms with Crippen LogP contribution in [-0.4, -0.2) is 17.6 Å². The van der Waals surface area contributed by atoms with E-state index in [0.717, 1.165) is 12.0 Å². The number of amides is 1. The van der Waals surface area contributed by atoms with Gasteiger partial charge in [0, 0.05) is 17.7 Å². The number of benzene rings is 2. The lowest BCUT2D eigenvalue weighted by atomic mass is 9.94. The third kappa shape index (κ3) is 2.64. The topological polar surface area (TPSA) is 49.3 Å². The summed E-state index contributed by atoms with van der Waals surface area (Å²) in [4.78, 5) is 11.9. The van der Waals surface area contributed by atoms with Crippen molar-refractivity contribution in [3.63, 3.8) is 0 Å². The van der Waals surface area contributed by atoms with Gasteiger partial charge in [0.1, 0.15) is 6.10 Å². The van der Waals surface area contributed by atoms with Crippen LogP contribution in [0.2, 0.25) is 10.0 Å². The molecule has 0 saturated heterocycles. The Morgan fingerprint density at radius 2 is 2.00 bits per heavy atom. The van der Waals surface area contributed by atoms with Crippen LogP contribution in [0.3, 0.4) is 0 Å². The van der Waals surface area contributed by atoms with Gasteiger partial charge in [-0.3, -0.25) is 4.79 Å². The maximum absolute atomic E-state index is 11.9. The summed E-state index contributed by atoms with van der Waals surface area (Å²) in [6.45, 7) is 0.647. The molecule has 0 fully saturated rings. The van der Waals surface area contributed by atoms with Crippen LogP contribution >= 0.6 is 23.2 Å². The number of aliphatic hydroxyl groups excluding tert-OH is 1. The predicted molar refractivity (Wildman–Crippen MR) is 83.0 cm³/mol. The van der Waals surface area contributed by atoms with Gasteiger partial charge in [-0.05, 0) is 29.7 Å². The van der Waals surface area contributed by atoms with E-state index in [2.05, 4.69) is 5.32 Å². The Labute approximate surface area is 132 Å². The molecule has 1 amide bonds. The van der Waals surface area contributed by atoms with Crippen molar-refractivity contribution in [2.45, 2.75) is 12.5 Å². The SMILES string of the molecule is O=C1NCCc2ccc(C(O)c3cccc(Cl)c3Cl)cc21. The first-order valence-electron chi connectivity index (χ1n) is 6.61. The molecule has 21 heavy (non-hydrogen) atoms. The number of hydrogen-bond donors (Lipinski definition) is 2. The highest BCUT2D eigenvalue weighted by molar-refractivity contribution is 6.42. The molecule has 3 rings (SSSR count). The van der Waals surface area contributed by atoms with E-state index >= 15 is 0 Å². The zero-order valence-electron chi connectivity index (χ0n) is 11.1. The first-order valence-corrected chi connectivity index (χ1v) is 7.36. The molecule has 1 heterocycles. The van der Waals surface area contributed by atoms with Crippen LogP contribution in [0.1, 0.15) is 33.2 Å². The third-order valence-electron chi connectivity index (χ3n) is 3.65. The lowest BCUT2D eigenvalue weighted by Gasteiger charge is -2.19. The number of nitrogens with one attached hydrogen (secondary N) is 1. The van der Waals surface area contributed by atoms with E-state index in [1.165, 1.54) is 0 Å². The van der Waals surface area contributed by atoms with Crippen LogP contribution in [-0.2, 0) is 6.42 Å². The van der Waals surface area contributed by atoms with Crippen LogP contribution in [0.4, 0.5) is 0 Å². The van der Waals surface area contributed by atoms with Crippen LogP contribution in [0, 0.1) is 0 Å². The molecule has 0 aliphatic carbocycles. The van der Waals surface area contributed by atoms with Gasteiger partial charge in [0.25, 0.3) is 5.91 Å². The highest BCUT2D eigenvalue weighted by Gasteiger charge is 2.21. The van der Waals surface area contributed by atoms with E-state index in [0.29, 0.717) is 33.3 Å². The van der Waals surface area contributed by atoms with Crippen molar-refractivity contribution in [2.24, 2.45) is 0 Å². The second-order valence-corrected chi connectivity index (χ2v) is 5.75. The summed E-state index contributed by atoms with van der Waals surface area (Å²) in [5.74, 6) is -0.109. The first-order chi connectivity index (χ1) is 10.1.